The number of rotatable bonds is 10. The molecule has 0 unspecified atom stereocenters. The Hall–Kier alpha value is -4.51. The molecule has 3 N–H and O–H groups in total. The lowest BCUT2D eigenvalue weighted by molar-refractivity contribution is -0.385. The van der Waals surface area contributed by atoms with Crippen molar-refractivity contribution in [2.75, 3.05) is 18.0 Å². The number of phenols is 1. The highest BCUT2D eigenvalue weighted by atomic mass is 79.9. The van der Waals surface area contributed by atoms with Gasteiger partial charge in [0.05, 0.1) is 15.6 Å². The second-order valence-electron chi connectivity index (χ2n) is 7.96. The summed E-state index contributed by atoms with van der Waals surface area (Å²) in [5.41, 5.74) is 4.02. The number of nitro benzene ring substituents is 1. The van der Waals surface area contributed by atoms with Crippen LogP contribution in [-0.2, 0) is 4.79 Å². The molecule has 0 atom stereocenters. The monoisotopic (exact) mass is 579 g/mol. The van der Waals surface area contributed by atoms with Crippen molar-refractivity contribution in [2.45, 2.75) is 13.8 Å². The number of anilines is 1. The molecular formula is C27H26BrN5O5. The molecule has 0 fully saturated rings. The third-order valence-corrected chi connectivity index (χ3v) is 6.12. The molecule has 2 amide bonds. The smallest absolute Gasteiger partial charge is 0.287 e. The van der Waals surface area contributed by atoms with Gasteiger partial charge >= 0.3 is 0 Å². The van der Waals surface area contributed by atoms with E-state index in [2.05, 4.69) is 50.5 Å². The number of nitro groups is 1. The van der Waals surface area contributed by atoms with E-state index in [9.17, 15) is 24.8 Å². The Morgan fingerprint density at radius 3 is 2.34 bits per heavy atom. The van der Waals surface area contributed by atoms with E-state index in [1.165, 1.54) is 6.08 Å². The number of nitrogens with one attached hydrogen (secondary N) is 2. The normalized spacial score (nSPS) is 11.3. The highest BCUT2D eigenvalue weighted by molar-refractivity contribution is 9.10. The van der Waals surface area contributed by atoms with E-state index < -0.39 is 16.7 Å². The van der Waals surface area contributed by atoms with E-state index in [1.54, 1.807) is 30.3 Å². The number of hydrazone groups is 1. The summed E-state index contributed by atoms with van der Waals surface area (Å²) in [7, 11) is 0. The summed E-state index contributed by atoms with van der Waals surface area (Å²) >= 11 is 3.06. The fourth-order valence-electron chi connectivity index (χ4n) is 3.51. The standard InChI is InChI=1S/C27H26BrN5O5/c1-3-32(4-2)21-12-10-18(11-13-21)14-24(30-26(35)19-8-6-5-7-9-19)27(36)31-29-17-20-15-22(33(37)38)16-23(28)25(20)34/h5-17,34H,3-4H2,1-2H3,(H,30,35)(H,31,36)/b24-14+,29-17-. The molecule has 10 nitrogen and oxygen atoms in total. The Morgan fingerprint density at radius 1 is 1.08 bits per heavy atom. The van der Waals surface area contributed by atoms with Gasteiger partial charge in [0, 0.05) is 42.0 Å². The van der Waals surface area contributed by atoms with Crippen LogP contribution in [0.1, 0.15) is 35.3 Å². The van der Waals surface area contributed by atoms with Crippen molar-refractivity contribution in [1.29, 1.82) is 0 Å². The van der Waals surface area contributed by atoms with Crippen LogP contribution in [-0.4, -0.2) is 41.1 Å². The number of nitrogens with zero attached hydrogens (tertiary/aromatic N) is 3. The number of halogens is 1. The average Bonchev–Trinajstić information content (AvgIpc) is 2.92. The zero-order valence-electron chi connectivity index (χ0n) is 20.7. The second-order valence-corrected chi connectivity index (χ2v) is 8.82. The van der Waals surface area contributed by atoms with Gasteiger partial charge in [0.15, 0.2) is 0 Å². The number of carbonyl (C=O) groups is 2. The van der Waals surface area contributed by atoms with Crippen LogP contribution in [0.3, 0.4) is 0 Å². The lowest BCUT2D eigenvalue weighted by Crippen LogP contribution is -2.32. The number of phenolic OH excluding ortho intramolecular Hbond substituents is 1. The molecule has 0 radical (unpaired) electrons. The van der Waals surface area contributed by atoms with Crippen molar-refractivity contribution < 1.29 is 19.6 Å². The molecule has 0 aliphatic rings. The average molecular weight is 580 g/mol. The predicted octanol–water partition coefficient (Wildman–Crippen LogP) is 4.83. The highest BCUT2D eigenvalue weighted by Gasteiger charge is 2.16. The summed E-state index contributed by atoms with van der Waals surface area (Å²) in [4.78, 5) is 38.4. The van der Waals surface area contributed by atoms with Crippen LogP contribution < -0.4 is 15.6 Å². The minimum absolute atomic E-state index is 0.0113. The molecule has 38 heavy (non-hydrogen) atoms. The van der Waals surface area contributed by atoms with Crippen LogP contribution in [0.2, 0.25) is 0 Å². The molecule has 3 aromatic rings. The Balaban J connectivity index is 1.87. The third-order valence-electron chi connectivity index (χ3n) is 5.52. The van der Waals surface area contributed by atoms with E-state index in [1.807, 2.05) is 24.3 Å². The van der Waals surface area contributed by atoms with E-state index in [0.29, 0.717) is 11.1 Å². The van der Waals surface area contributed by atoms with Crippen molar-refractivity contribution in [3.63, 3.8) is 0 Å². The number of carbonyl (C=O) groups excluding carboxylic acids is 2. The van der Waals surface area contributed by atoms with Gasteiger partial charge in [-0.3, -0.25) is 19.7 Å². The minimum atomic E-state index is -0.734. The highest BCUT2D eigenvalue weighted by Crippen LogP contribution is 2.31. The lowest BCUT2D eigenvalue weighted by Gasteiger charge is -2.20. The molecule has 0 spiro atoms. The van der Waals surface area contributed by atoms with Crippen LogP contribution in [0.25, 0.3) is 6.08 Å². The van der Waals surface area contributed by atoms with Crippen LogP contribution in [0, 0.1) is 10.1 Å². The summed E-state index contributed by atoms with van der Waals surface area (Å²) in [5.74, 6) is -1.51. The summed E-state index contributed by atoms with van der Waals surface area (Å²) < 4.78 is 0.100. The Kier molecular flexibility index (Phi) is 9.72. The van der Waals surface area contributed by atoms with Crippen molar-refractivity contribution in [3.05, 3.63) is 104 Å². The van der Waals surface area contributed by atoms with E-state index >= 15 is 0 Å². The van der Waals surface area contributed by atoms with Crippen molar-refractivity contribution in [2.24, 2.45) is 5.10 Å². The molecule has 0 aliphatic carbocycles. The molecule has 196 valence electrons. The van der Waals surface area contributed by atoms with Gasteiger partial charge in [0.1, 0.15) is 11.4 Å². The quantitative estimate of drug-likeness (QED) is 0.136. The first-order valence-electron chi connectivity index (χ1n) is 11.7. The molecule has 0 saturated carbocycles. The van der Waals surface area contributed by atoms with Crippen molar-refractivity contribution >= 4 is 51.4 Å². The van der Waals surface area contributed by atoms with Crippen LogP contribution in [0.5, 0.6) is 5.75 Å². The van der Waals surface area contributed by atoms with Crippen molar-refractivity contribution in [1.82, 2.24) is 10.7 Å². The molecule has 0 heterocycles. The van der Waals surface area contributed by atoms with E-state index in [0.717, 1.165) is 37.1 Å². The Labute approximate surface area is 228 Å². The molecule has 0 aliphatic heterocycles. The Morgan fingerprint density at radius 2 is 1.74 bits per heavy atom. The molecule has 0 aromatic heterocycles. The van der Waals surface area contributed by atoms with Gasteiger partial charge in [-0.2, -0.15) is 5.10 Å². The second kappa shape index (κ2) is 13.2. The molecule has 0 bridgehead atoms. The Bertz CT molecular complexity index is 1370. The summed E-state index contributed by atoms with van der Waals surface area (Å²) in [6.07, 6.45) is 2.58. The third kappa shape index (κ3) is 7.26. The zero-order valence-corrected chi connectivity index (χ0v) is 22.3. The first kappa shape index (κ1) is 28.1. The van der Waals surface area contributed by atoms with Crippen LogP contribution in [0.15, 0.2) is 82.0 Å². The van der Waals surface area contributed by atoms with Gasteiger partial charge in [-0.1, -0.05) is 30.3 Å². The molecule has 11 heteroatoms. The largest absolute Gasteiger partial charge is 0.506 e. The first-order chi connectivity index (χ1) is 18.2. The van der Waals surface area contributed by atoms with Gasteiger partial charge in [-0.15, -0.1) is 0 Å². The van der Waals surface area contributed by atoms with Gasteiger partial charge < -0.3 is 15.3 Å². The molecule has 0 saturated heterocycles. The fourth-order valence-corrected chi connectivity index (χ4v) is 3.97. The first-order valence-corrected chi connectivity index (χ1v) is 12.5. The van der Waals surface area contributed by atoms with E-state index in [-0.39, 0.29) is 27.2 Å². The summed E-state index contributed by atoms with van der Waals surface area (Å²) in [6.45, 7) is 5.82. The van der Waals surface area contributed by atoms with Crippen LogP contribution in [0.4, 0.5) is 11.4 Å². The summed E-state index contributed by atoms with van der Waals surface area (Å²) in [5, 5.41) is 27.7. The number of hydrogen-bond donors (Lipinski definition) is 3. The van der Waals surface area contributed by atoms with Gasteiger partial charge in [-0.25, -0.2) is 5.43 Å². The van der Waals surface area contributed by atoms with Crippen LogP contribution >= 0.6 is 15.9 Å². The van der Waals surface area contributed by atoms with Crippen molar-refractivity contribution in [3.8, 4) is 5.75 Å². The maximum absolute atomic E-state index is 13.0. The SMILES string of the molecule is CCN(CC)c1ccc(/C=C(/NC(=O)c2ccccc2)C(=O)N/N=C\c2cc([N+](=O)[O-])cc(Br)c2O)cc1. The number of amides is 2. The van der Waals surface area contributed by atoms with Gasteiger partial charge in [0.2, 0.25) is 0 Å². The molecular weight excluding hydrogens is 554 g/mol. The number of non-ortho nitro benzene ring substituents is 1. The topological polar surface area (TPSA) is 137 Å². The molecule has 3 rings (SSSR count). The summed E-state index contributed by atoms with van der Waals surface area (Å²) in [6, 6.07) is 18.2. The number of aromatic hydroxyl groups is 1. The van der Waals surface area contributed by atoms with E-state index in [4.69, 9.17) is 0 Å². The minimum Gasteiger partial charge on any atom is -0.506 e. The van der Waals surface area contributed by atoms with Gasteiger partial charge in [-0.05, 0) is 65.7 Å². The number of benzene rings is 3. The lowest BCUT2D eigenvalue weighted by atomic mass is 10.1. The maximum atomic E-state index is 13.0. The maximum Gasteiger partial charge on any atom is 0.287 e. The predicted molar refractivity (Wildman–Crippen MR) is 150 cm³/mol. The fraction of sp³-hybridized carbons (Fsp3) is 0.148. The zero-order chi connectivity index (χ0) is 27.7. The number of hydrogen-bond acceptors (Lipinski definition) is 7. The molecule has 3 aromatic carbocycles. The van der Waals surface area contributed by atoms with Gasteiger partial charge in [0.25, 0.3) is 17.5 Å².